The average Bonchev–Trinajstić information content (AvgIpc) is 2.70. The molecule has 0 saturated carbocycles. The topological polar surface area (TPSA) is 36.4 Å². The first kappa shape index (κ1) is 12.5. The first-order valence-corrected chi connectivity index (χ1v) is 6.71. The zero-order valence-electron chi connectivity index (χ0n) is 10.3. The maximum absolute atomic E-state index is 9.59. The fraction of sp³-hybridized carbons (Fsp3) is 0.462. The third kappa shape index (κ3) is 3.25. The van der Waals surface area contributed by atoms with E-state index in [0.717, 1.165) is 23.5 Å². The fourth-order valence-corrected chi connectivity index (χ4v) is 2.82. The van der Waals surface area contributed by atoms with Crippen molar-refractivity contribution in [1.82, 2.24) is 9.88 Å². The molecule has 1 heterocycles. The number of likely N-dealkylation sites (N-methyl/N-ethyl adjacent to an activating group) is 1. The van der Waals surface area contributed by atoms with Crippen molar-refractivity contribution < 1.29 is 5.11 Å². The summed E-state index contributed by atoms with van der Waals surface area (Å²) in [5, 5.41) is 10.7. The van der Waals surface area contributed by atoms with Crippen LogP contribution >= 0.6 is 11.3 Å². The van der Waals surface area contributed by atoms with Crippen molar-refractivity contribution in [3.8, 4) is 0 Å². The van der Waals surface area contributed by atoms with Gasteiger partial charge in [-0.3, -0.25) is 4.90 Å². The van der Waals surface area contributed by atoms with Gasteiger partial charge in [-0.1, -0.05) is 19.1 Å². The Kier molecular flexibility index (Phi) is 4.10. The second-order valence-corrected chi connectivity index (χ2v) is 5.45. The summed E-state index contributed by atoms with van der Waals surface area (Å²) < 4.78 is 1.23. The second-order valence-electron chi connectivity index (χ2n) is 4.33. The molecule has 0 aliphatic heterocycles. The molecular weight excluding hydrogens is 232 g/mol. The summed E-state index contributed by atoms with van der Waals surface area (Å²) in [6, 6.07) is 8.18. The number of thiazole rings is 1. The van der Waals surface area contributed by atoms with E-state index in [1.54, 1.807) is 11.3 Å². The lowest BCUT2D eigenvalue weighted by Crippen LogP contribution is -2.28. The van der Waals surface area contributed by atoms with E-state index in [4.69, 9.17) is 0 Å². The zero-order valence-corrected chi connectivity index (χ0v) is 11.1. The van der Waals surface area contributed by atoms with Gasteiger partial charge in [0.2, 0.25) is 0 Å². The molecule has 17 heavy (non-hydrogen) atoms. The molecule has 1 N–H and O–H groups in total. The lowest BCUT2D eigenvalue weighted by atomic mass is 10.2. The van der Waals surface area contributed by atoms with Crippen LogP contribution in [0.15, 0.2) is 24.3 Å². The zero-order chi connectivity index (χ0) is 12.3. The molecule has 0 spiro atoms. The van der Waals surface area contributed by atoms with Gasteiger partial charge >= 0.3 is 0 Å². The van der Waals surface area contributed by atoms with Crippen molar-refractivity contribution >= 4 is 21.6 Å². The maximum atomic E-state index is 9.59. The largest absolute Gasteiger partial charge is 0.392 e. The predicted octanol–water partition coefficient (Wildman–Crippen LogP) is 2.50. The summed E-state index contributed by atoms with van der Waals surface area (Å²) in [5.41, 5.74) is 1.07. The monoisotopic (exact) mass is 250 g/mol. The number of benzene rings is 1. The molecule has 0 saturated heterocycles. The van der Waals surface area contributed by atoms with Gasteiger partial charge in [-0.25, -0.2) is 4.98 Å². The lowest BCUT2D eigenvalue weighted by molar-refractivity contribution is 0.119. The molecule has 4 heteroatoms. The number of hydrogen-bond acceptors (Lipinski definition) is 4. The van der Waals surface area contributed by atoms with E-state index in [2.05, 4.69) is 16.0 Å². The van der Waals surface area contributed by atoms with Crippen LogP contribution in [0.1, 0.15) is 18.4 Å². The van der Waals surface area contributed by atoms with Crippen LogP contribution in [-0.4, -0.2) is 34.7 Å². The van der Waals surface area contributed by atoms with Crippen LogP contribution in [0.4, 0.5) is 0 Å². The van der Waals surface area contributed by atoms with Gasteiger partial charge in [0.25, 0.3) is 0 Å². The van der Waals surface area contributed by atoms with Crippen molar-refractivity contribution in [1.29, 1.82) is 0 Å². The normalized spacial score (nSPS) is 13.4. The van der Waals surface area contributed by atoms with E-state index in [1.165, 1.54) is 4.70 Å². The van der Waals surface area contributed by atoms with Gasteiger partial charge in [0.05, 0.1) is 22.9 Å². The van der Waals surface area contributed by atoms with Crippen molar-refractivity contribution in [2.45, 2.75) is 26.0 Å². The van der Waals surface area contributed by atoms with Gasteiger partial charge in [-0.05, 0) is 25.6 Å². The number of aromatic nitrogens is 1. The Morgan fingerprint density at radius 3 is 2.88 bits per heavy atom. The van der Waals surface area contributed by atoms with Crippen LogP contribution in [0, 0.1) is 0 Å². The Balaban J connectivity index is 2.03. The Morgan fingerprint density at radius 2 is 2.18 bits per heavy atom. The van der Waals surface area contributed by atoms with Crippen LogP contribution < -0.4 is 0 Å². The highest BCUT2D eigenvalue weighted by Gasteiger charge is 2.09. The SMILES string of the molecule is CCC(O)CN(C)Cc1nc2ccccc2s1. The summed E-state index contributed by atoms with van der Waals surface area (Å²) in [4.78, 5) is 6.70. The van der Waals surface area contributed by atoms with E-state index < -0.39 is 0 Å². The fourth-order valence-electron chi connectivity index (χ4n) is 1.77. The summed E-state index contributed by atoms with van der Waals surface area (Å²) in [6.07, 6.45) is 0.555. The van der Waals surface area contributed by atoms with Crippen LogP contribution in [0.3, 0.4) is 0 Å². The minimum Gasteiger partial charge on any atom is -0.392 e. The highest BCUT2D eigenvalue weighted by atomic mass is 32.1. The van der Waals surface area contributed by atoms with Crippen LogP contribution in [-0.2, 0) is 6.54 Å². The number of aliphatic hydroxyl groups excluding tert-OH is 1. The van der Waals surface area contributed by atoms with Crippen LogP contribution in [0.25, 0.3) is 10.2 Å². The Hall–Kier alpha value is -0.970. The standard InChI is InChI=1S/C13H18N2OS/c1-3-10(16)8-15(2)9-13-14-11-6-4-5-7-12(11)17-13/h4-7,10,16H,3,8-9H2,1-2H3. The third-order valence-corrected chi connectivity index (χ3v) is 3.76. The predicted molar refractivity (Wildman–Crippen MR) is 72.3 cm³/mol. The quantitative estimate of drug-likeness (QED) is 0.885. The molecular formula is C13H18N2OS. The summed E-state index contributed by atoms with van der Waals surface area (Å²) in [5.74, 6) is 0. The van der Waals surface area contributed by atoms with E-state index in [0.29, 0.717) is 6.54 Å². The number of para-hydroxylation sites is 1. The third-order valence-electron chi connectivity index (χ3n) is 2.74. The highest BCUT2D eigenvalue weighted by molar-refractivity contribution is 7.18. The van der Waals surface area contributed by atoms with Crippen LogP contribution in [0.2, 0.25) is 0 Å². The number of hydrogen-bond donors (Lipinski definition) is 1. The molecule has 1 aromatic heterocycles. The first-order chi connectivity index (χ1) is 8.19. The van der Waals surface area contributed by atoms with Crippen molar-refractivity contribution in [3.63, 3.8) is 0 Å². The smallest absolute Gasteiger partial charge is 0.108 e. The Bertz CT molecular complexity index is 450. The summed E-state index contributed by atoms with van der Waals surface area (Å²) >= 11 is 1.73. The number of aliphatic hydroxyl groups is 1. The summed E-state index contributed by atoms with van der Waals surface area (Å²) in [7, 11) is 2.02. The van der Waals surface area contributed by atoms with Crippen molar-refractivity contribution in [2.75, 3.05) is 13.6 Å². The van der Waals surface area contributed by atoms with Crippen LogP contribution in [0.5, 0.6) is 0 Å². The molecule has 0 bridgehead atoms. The Morgan fingerprint density at radius 1 is 1.41 bits per heavy atom. The van der Waals surface area contributed by atoms with E-state index in [9.17, 15) is 5.11 Å². The molecule has 2 rings (SSSR count). The van der Waals surface area contributed by atoms with Crippen molar-refractivity contribution in [3.05, 3.63) is 29.3 Å². The van der Waals surface area contributed by atoms with Gasteiger partial charge in [0, 0.05) is 6.54 Å². The first-order valence-electron chi connectivity index (χ1n) is 5.90. The van der Waals surface area contributed by atoms with Crippen molar-refractivity contribution in [2.24, 2.45) is 0 Å². The van der Waals surface area contributed by atoms with Gasteiger partial charge in [-0.15, -0.1) is 11.3 Å². The molecule has 92 valence electrons. The molecule has 0 amide bonds. The molecule has 0 radical (unpaired) electrons. The van der Waals surface area contributed by atoms with Gasteiger partial charge < -0.3 is 5.11 Å². The molecule has 0 fully saturated rings. The van der Waals surface area contributed by atoms with E-state index >= 15 is 0 Å². The Labute approximate surface area is 106 Å². The molecule has 1 atom stereocenters. The molecule has 0 aliphatic rings. The molecule has 1 aromatic carbocycles. The van der Waals surface area contributed by atoms with Gasteiger partial charge in [-0.2, -0.15) is 0 Å². The number of fused-ring (bicyclic) bond motifs is 1. The average molecular weight is 250 g/mol. The second kappa shape index (κ2) is 5.58. The van der Waals surface area contributed by atoms with Gasteiger partial charge in [0.1, 0.15) is 5.01 Å². The number of nitrogens with zero attached hydrogens (tertiary/aromatic N) is 2. The molecule has 0 aliphatic carbocycles. The molecule has 3 nitrogen and oxygen atoms in total. The minimum atomic E-state index is -0.241. The summed E-state index contributed by atoms with van der Waals surface area (Å²) in [6.45, 7) is 3.50. The maximum Gasteiger partial charge on any atom is 0.108 e. The van der Waals surface area contributed by atoms with E-state index in [-0.39, 0.29) is 6.10 Å². The van der Waals surface area contributed by atoms with Gasteiger partial charge in [0.15, 0.2) is 0 Å². The number of rotatable bonds is 5. The molecule has 1 unspecified atom stereocenters. The van der Waals surface area contributed by atoms with E-state index in [1.807, 2.05) is 32.2 Å². The molecule has 2 aromatic rings. The lowest BCUT2D eigenvalue weighted by Gasteiger charge is -2.18. The minimum absolute atomic E-state index is 0.241. The highest BCUT2D eigenvalue weighted by Crippen LogP contribution is 2.22.